The second-order valence-electron chi connectivity index (χ2n) is 6.33. The topological polar surface area (TPSA) is 0 Å². The first-order chi connectivity index (χ1) is 9.34. The second-order valence-corrected chi connectivity index (χ2v) is 6.33. The van der Waals surface area contributed by atoms with Crippen LogP contribution in [0.1, 0.15) is 55.9 Å². The van der Waals surface area contributed by atoms with E-state index in [2.05, 4.69) is 52.8 Å². The van der Waals surface area contributed by atoms with Crippen molar-refractivity contribution in [1.29, 1.82) is 0 Å². The van der Waals surface area contributed by atoms with E-state index in [1.54, 1.807) is 6.07 Å². The van der Waals surface area contributed by atoms with Gasteiger partial charge < -0.3 is 0 Å². The van der Waals surface area contributed by atoms with Gasteiger partial charge in [0, 0.05) is 5.41 Å². The summed E-state index contributed by atoms with van der Waals surface area (Å²) in [4.78, 5) is 0. The molecular weight excluding hydrogens is 247 g/mol. The molecule has 0 saturated carbocycles. The third-order valence-corrected chi connectivity index (χ3v) is 4.14. The van der Waals surface area contributed by atoms with Crippen molar-refractivity contribution in [3.05, 3.63) is 70.5 Å². The van der Waals surface area contributed by atoms with Gasteiger partial charge >= 0.3 is 0 Å². The second kappa shape index (κ2) is 5.40. The van der Waals surface area contributed by atoms with Crippen LogP contribution in [0.4, 0.5) is 4.39 Å². The summed E-state index contributed by atoms with van der Waals surface area (Å²) < 4.78 is 14.1. The van der Waals surface area contributed by atoms with Crippen LogP contribution in [-0.4, -0.2) is 0 Å². The first-order valence-corrected chi connectivity index (χ1v) is 7.20. The molecular formula is C19H23F. The van der Waals surface area contributed by atoms with Crippen LogP contribution in [0.3, 0.4) is 0 Å². The Bertz CT molecular complexity index is 609. The van der Waals surface area contributed by atoms with Crippen LogP contribution in [-0.2, 0) is 5.41 Å². The molecule has 1 heteroatoms. The summed E-state index contributed by atoms with van der Waals surface area (Å²) in [6.45, 7) is 10.7. The Hall–Kier alpha value is -1.63. The van der Waals surface area contributed by atoms with Crippen LogP contribution in [0, 0.1) is 12.7 Å². The van der Waals surface area contributed by atoms with E-state index in [0.29, 0.717) is 5.92 Å². The van der Waals surface area contributed by atoms with E-state index >= 15 is 0 Å². The third kappa shape index (κ3) is 2.63. The molecule has 2 rings (SSSR count). The maximum Gasteiger partial charge on any atom is 0.127 e. The first-order valence-electron chi connectivity index (χ1n) is 7.20. The Labute approximate surface area is 121 Å². The molecule has 0 nitrogen and oxygen atoms in total. The minimum Gasteiger partial charge on any atom is -0.207 e. The maximum absolute atomic E-state index is 14.1. The summed E-state index contributed by atoms with van der Waals surface area (Å²) in [6, 6.07) is 13.6. The zero-order valence-corrected chi connectivity index (χ0v) is 13.0. The highest BCUT2D eigenvalue weighted by molar-refractivity contribution is 5.44. The number of halogens is 1. The highest BCUT2D eigenvalue weighted by Crippen LogP contribution is 2.35. The fraction of sp³-hybridized carbons (Fsp3) is 0.368. The van der Waals surface area contributed by atoms with Crippen LogP contribution in [0.15, 0.2) is 42.5 Å². The van der Waals surface area contributed by atoms with Gasteiger partial charge in [0.05, 0.1) is 0 Å². The van der Waals surface area contributed by atoms with Gasteiger partial charge in [-0.25, -0.2) is 4.39 Å². The average molecular weight is 270 g/mol. The SMILES string of the molecule is Cc1cc(C(C)C)ccc1C(C)(C)c1ccccc1F. The predicted octanol–water partition coefficient (Wildman–Crippen LogP) is 5.58. The van der Waals surface area contributed by atoms with Crippen molar-refractivity contribution >= 4 is 0 Å². The zero-order chi connectivity index (χ0) is 14.9. The molecule has 0 aliphatic heterocycles. The van der Waals surface area contributed by atoms with Crippen molar-refractivity contribution in [3.63, 3.8) is 0 Å². The van der Waals surface area contributed by atoms with Gasteiger partial charge in [-0.15, -0.1) is 0 Å². The molecule has 2 aromatic carbocycles. The molecule has 106 valence electrons. The van der Waals surface area contributed by atoms with Gasteiger partial charge in [-0.2, -0.15) is 0 Å². The molecule has 0 spiro atoms. The summed E-state index contributed by atoms with van der Waals surface area (Å²) in [7, 11) is 0. The molecule has 0 radical (unpaired) electrons. The Morgan fingerprint density at radius 3 is 2.15 bits per heavy atom. The lowest BCUT2D eigenvalue weighted by Gasteiger charge is -2.29. The van der Waals surface area contributed by atoms with Crippen LogP contribution >= 0.6 is 0 Å². The minimum absolute atomic E-state index is 0.134. The van der Waals surface area contributed by atoms with Crippen molar-refractivity contribution in [2.24, 2.45) is 0 Å². The fourth-order valence-electron chi connectivity index (χ4n) is 2.86. The van der Waals surface area contributed by atoms with Gasteiger partial charge in [0.15, 0.2) is 0 Å². The van der Waals surface area contributed by atoms with Crippen molar-refractivity contribution in [3.8, 4) is 0 Å². The molecule has 0 fully saturated rings. The lowest BCUT2D eigenvalue weighted by Crippen LogP contribution is -2.22. The summed E-state index contributed by atoms with van der Waals surface area (Å²) in [6.07, 6.45) is 0. The quantitative estimate of drug-likeness (QED) is 0.682. The molecule has 0 unspecified atom stereocenters. The molecule has 0 atom stereocenters. The van der Waals surface area contributed by atoms with E-state index < -0.39 is 0 Å². The Morgan fingerprint density at radius 2 is 1.60 bits per heavy atom. The highest BCUT2D eigenvalue weighted by atomic mass is 19.1. The third-order valence-electron chi connectivity index (χ3n) is 4.14. The average Bonchev–Trinajstić information content (AvgIpc) is 2.38. The molecule has 0 bridgehead atoms. The van der Waals surface area contributed by atoms with Crippen LogP contribution < -0.4 is 0 Å². The molecule has 20 heavy (non-hydrogen) atoms. The summed E-state index contributed by atoms with van der Waals surface area (Å²) in [5.41, 5.74) is 4.16. The van der Waals surface area contributed by atoms with E-state index in [1.807, 2.05) is 12.1 Å². The van der Waals surface area contributed by atoms with Crippen LogP contribution in [0.5, 0.6) is 0 Å². The van der Waals surface area contributed by atoms with Gasteiger partial charge in [0.2, 0.25) is 0 Å². The largest absolute Gasteiger partial charge is 0.207 e. The Balaban J connectivity index is 2.52. The van der Waals surface area contributed by atoms with Gasteiger partial charge in [-0.1, -0.05) is 64.1 Å². The standard InChI is InChI=1S/C19H23F/c1-13(2)15-10-11-16(14(3)12-15)19(4,5)17-8-6-7-9-18(17)20/h6-13H,1-5H3. The van der Waals surface area contributed by atoms with Crippen LogP contribution in [0.25, 0.3) is 0 Å². The summed E-state index contributed by atoms with van der Waals surface area (Å²) >= 11 is 0. The molecule has 0 aliphatic carbocycles. The smallest absolute Gasteiger partial charge is 0.127 e. The van der Waals surface area contributed by atoms with Gasteiger partial charge in [0.1, 0.15) is 5.82 Å². The van der Waals surface area contributed by atoms with E-state index in [9.17, 15) is 4.39 Å². The van der Waals surface area contributed by atoms with E-state index in [-0.39, 0.29) is 11.2 Å². The van der Waals surface area contributed by atoms with E-state index in [0.717, 1.165) is 5.56 Å². The molecule has 0 aromatic heterocycles. The van der Waals surface area contributed by atoms with Crippen molar-refractivity contribution in [1.82, 2.24) is 0 Å². The van der Waals surface area contributed by atoms with Crippen LogP contribution in [0.2, 0.25) is 0 Å². The Kier molecular flexibility index (Phi) is 3.99. The number of aryl methyl sites for hydroxylation is 1. The number of rotatable bonds is 3. The lowest BCUT2D eigenvalue weighted by molar-refractivity contribution is 0.546. The van der Waals surface area contributed by atoms with Gasteiger partial charge in [0.25, 0.3) is 0 Å². The fourth-order valence-corrected chi connectivity index (χ4v) is 2.86. The number of hydrogen-bond acceptors (Lipinski definition) is 0. The highest BCUT2D eigenvalue weighted by Gasteiger charge is 2.27. The Morgan fingerprint density at radius 1 is 0.950 bits per heavy atom. The molecule has 2 aromatic rings. The van der Waals surface area contributed by atoms with E-state index in [1.165, 1.54) is 22.8 Å². The van der Waals surface area contributed by atoms with Gasteiger partial charge in [-0.05, 0) is 41.2 Å². The molecule has 0 heterocycles. The number of benzene rings is 2. The zero-order valence-electron chi connectivity index (χ0n) is 13.0. The molecule has 0 saturated heterocycles. The van der Waals surface area contributed by atoms with Gasteiger partial charge in [-0.3, -0.25) is 0 Å². The van der Waals surface area contributed by atoms with Crippen molar-refractivity contribution < 1.29 is 4.39 Å². The molecule has 0 aliphatic rings. The van der Waals surface area contributed by atoms with Crippen molar-refractivity contribution in [2.45, 2.75) is 46.0 Å². The van der Waals surface area contributed by atoms with E-state index in [4.69, 9.17) is 0 Å². The minimum atomic E-state index is -0.328. The lowest BCUT2D eigenvalue weighted by atomic mass is 9.75. The first kappa shape index (κ1) is 14.8. The molecule has 0 N–H and O–H groups in total. The van der Waals surface area contributed by atoms with Crippen molar-refractivity contribution in [2.75, 3.05) is 0 Å². The summed E-state index contributed by atoms with van der Waals surface area (Å²) in [5.74, 6) is 0.379. The summed E-state index contributed by atoms with van der Waals surface area (Å²) in [5, 5.41) is 0. The monoisotopic (exact) mass is 270 g/mol. The predicted molar refractivity (Wildman–Crippen MR) is 83.8 cm³/mol. The normalized spacial score (nSPS) is 11.9. The maximum atomic E-state index is 14.1. The number of hydrogen-bond donors (Lipinski definition) is 0. The molecule has 0 amide bonds.